The molecule has 2 saturated heterocycles. The molecule has 1 aliphatic carbocycles. The summed E-state index contributed by atoms with van der Waals surface area (Å²) >= 11 is 0. The first-order chi connectivity index (χ1) is 12.9. The molecule has 3 fully saturated rings. The Morgan fingerprint density at radius 2 is 2.04 bits per heavy atom. The fraction of sp³-hybridized carbons (Fsp3) is 0.955. The monoisotopic (exact) mass is 376 g/mol. The predicted octanol–water partition coefficient (Wildman–Crippen LogP) is 2.96. The number of ether oxygens (including phenoxy) is 1. The Hall–Kier alpha value is -0.650. The third-order valence-electron chi connectivity index (χ3n) is 7.52. The minimum Gasteiger partial charge on any atom is -0.374 e. The number of rotatable bonds is 6. The van der Waals surface area contributed by atoms with Gasteiger partial charge in [0.25, 0.3) is 0 Å². The number of hydrogen-bond acceptors (Lipinski definition) is 5. The molecule has 5 heteroatoms. The number of nitrogens with one attached hydrogen (secondary N) is 1. The highest BCUT2D eigenvalue weighted by Gasteiger charge is 2.50. The Balaban J connectivity index is 1.41. The van der Waals surface area contributed by atoms with Crippen LogP contribution in [-0.4, -0.2) is 74.1 Å². The van der Waals surface area contributed by atoms with Gasteiger partial charge in [0, 0.05) is 32.1 Å². The second-order valence-corrected chi connectivity index (χ2v) is 10.5. The molecule has 5 nitrogen and oxygen atoms in total. The third-order valence-corrected chi connectivity index (χ3v) is 7.52. The van der Waals surface area contributed by atoms with Crippen molar-refractivity contribution in [3.8, 4) is 0 Å². The number of nitrogens with zero attached hydrogens (tertiary/aromatic N) is 3. The number of hydrazone groups is 1. The van der Waals surface area contributed by atoms with Crippen molar-refractivity contribution >= 4 is 5.71 Å². The van der Waals surface area contributed by atoms with Crippen molar-refractivity contribution in [2.45, 2.75) is 70.4 Å². The van der Waals surface area contributed by atoms with Crippen LogP contribution in [0.3, 0.4) is 0 Å². The maximum absolute atomic E-state index is 6.37. The fourth-order valence-corrected chi connectivity index (χ4v) is 6.27. The zero-order chi connectivity index (χ0) is 19.1. The molecule has 0 aromatic heterocycles. The van der Waals surface area contributed by atoms with Gasteiger partial charge in [0.05, 0.1) is 24.0 Å². The molecule has 0 radical (unpaired) electrons. The summed E-state index contributed by atoms with van der Waals surface area (Å²) in [5, 5.41) is 10.8. The van der Waals surface area contributed by atoms with Gasteiger partial charge in [0.1, 0.15) is 0 Å². The van der Waals surface area contributed by atoms with Crippen molar-refractivity contribution in [3.63, 3.8) is 0 Å². The smallest absolute Gasteiger partial charge is 0.0689 e. The lowest BCUT2D eigenvalue weighted by Gasteiger charge is -2.40. The lowest BCUT2D eigenvalue weighted by molar-refractivity contribution is -0.0405. The lowest BCUT2D eigenvalue weighted by Crippen LogP contribution is -2.43. The van der Waals surface area contributed by atoms with Crippen LogP contribution in [0.5, 0.6) is 0 Å². The van der Waals surface area contributed by atoms with Crippen molar-refractivity contribution in [2.75, 3.05) is 46.9 Å². The highest BCUT2D eigenvalue weighted by Crippen LogP contribution is 2.50. The number of hydrogen-bond donors (Lipinski definition) is 1. The summed E-state index contributed by atoms with van der Waals surface area (Å²) in [4.78, 5) is 2.44. The zero-order valence-electron chi connectivity index (χ0n) is 18.0. The van der Waals surface area contributed by atoms with Gasteiger partial charge in [-0.05, 0) is 70.4 Å². The molecule has 2 atom stereocenters. The van der Waals surface area contributed by atoms with E-state index in [0.717, 1.165) is 32.2 Å². The van der Waals surface area contributed by atoms with E-state index in [2.05, 4.69) is 36.1 Å². The van der Waals surface area contributed by atoms with E-state index < -0.39 is 0 Å². The first kappa shape index (κ1) is 19.7. The predicted molar refractivity (Wildman–Crippen MR) is 111 cm³/mol. The molecule has 4 aliphatic rings. The molecule has 0 aromatic carbocycles. The summed E-state index contributed by atoms with van der Waals surface area (Å²) in [5.74, 6) is 1.48. The highest BCUT2D eigenvalue weighted by molar-refractivity contribution is 5.90. The lowest BCUT2D eigenvalue weighted by atomic mass is 9.68. The minimum absolute atomic E-state index is 0.189. The van der Waals surface area contributed by atoms with E-state index in [0.29, 0.717) is 17.4 Å². The molecule has 27 heavy (non-hydrogen) atoms. The molecule has 1 spiro atoms. The molecule has 1 N–H and O–H groups in total. The molecular weight excluding hydrogens is 336 g/mol. The molecular formula is C22H40N4O. The maximum atomic E-state index is 6.37. The van der Waals surface area contributed by atoms with Crippen LogP contribution in [-0.2, 0) is 4.74 Å². The second kappa shape index (κ2) is 7.64. The van der Waals surface area contributed by atoms with Crippen LogP contribution in [0.15, 0.2) is 5.10 Å². The van der Waals surface area contributed by atoms with Gasteiger partial charge < -0.3 is 10.1 Å². The third kappa shape index (κ3) is 4.06. The van der Waals surface area contributed by atoms with E-state index in [-0.39, 0.29) is 5.60 Å². The first-order valence-electron chi connectivity index (χ1n) is 11.2. The molecule has 2 unspecified atom stereocenters. The average molecular weight is 377 g/mol. The van der Waals surface area contributed by atoms with Gasteiger partial charge in [-0.2, -0.15) is 5.10 Å². The SMILES string of the molecule is CNCCN(C)CC1=NN2CCCC2C1[C@H]1CC[C@@]2(CC1)CC(C)(C)CO2. The van der Waals surface area contributed by atoms with E-state index in [9.17, 15) is 0 Å². The van der Waals surface area contributed by atoms with Crippen LogP contribution in [0, 0.1) is 17.3 Å². The first-order valence-corrected chi connectivity index (χ1v) is 11.2. The molecule has 3 heterocycles. The van der Waals surface area contributed by atoms with Crippen molar-refractivity contribution in [1.29, 1.82) is 0 Å². The summed E-state index contributed by atoms with van der Waals surface area (Å²) in [6, 6.07) is 0.678. The Labute approximate surface area is 165 Å². The van der Waals surface area contributed by atoms with Gasteiger partial charge in [-0.25, -0.2) is 0 Å². The molecule has 154 valence electrons. The maximum Gasteiger partial charge on any atom is 0.0689 e. The highest BCUT2D eigenvalue weighted by atomic mass is 16.5. The Kier molecular flexibility index (Phi) is 5.56. The van der Waals surface area contributed by atoms with Gasteiger partial charge in [-0.1, -0.05) is 13.8 Å². The zero-order valence-corrected chi connectivity index (χ0v) is 18.0. The van der Waals surface area contributed by atoms with E-state index in [1.807, 2.05) is 7.05 Å². The Morgan fingerprint density at radius 3 is 2.70 bits per heavy atom. The van der Waals surface area contributed by atoms with Gasteiger partial charge in [-0.15, -0.1) is 0 Å². The van der Waals surface area contributed by atoms with Gasteiger partial charge in [0.2, 0.25) is 0 Å². The van der Waals surface area contributed by atoms with Crippen molar-refractivity contribution in [1.82, 2.24) is 15.2 Å². The molecule has 0 bridgehead atoms. The quantitative estimate of drug-likeness (QED) is 0.774. The van der Waals surface area contributed by atoms with E-state index >= 15 is 0 Å². The van der Waals surface area contributed by atoms with Crippen LogP contribution < -0.4 is 5.32 Å². The minimum atomic E-state index is 0.189. The van der Waals surface area contributed by atoms with Crippen LogP contribution >= 0.6 is 0 Å². The number of likely N-dealkylation sites (N-methyl/N-ethyl adjacent to an activating group) is 2. The van der Waals surface area contributed by atoms with E-state index in [1.54, 1.807) is 0 Å². The van der Waals surface area contributed by atoms with Crippen LogP contribution in [0.4, 0.5) is 0 Å². The second-order valence-electron chi connectivity index (χ2n) is 10.5. The van der Waals surface area contributed by atoms with E-state index in [4.69, 9.17) is 9.84 Å². The van der Waals surface area contributed by atoms with Crippen LogP contribution in [0.2, 0.25) is 0 Å². The topological polar surface area (TPSA) is 40.1 Å². The molecule has 1 saturated carbocycles. The van der Waals surface area contributed by atoms with Crippen molar-refractivity contribution in [2.24, 2.45) is 22.4 Å². The molecule has 0 amide bonds. The summed E-state index contributed by atoms with van der Waals surface area (Å²) in [7, 11) is 4.27. The van der Waals surface area contributed by atoms with Gasteiger partial charge in [-0.3, -0.25) is 9.91 Å². The van der Waals surface area contributed by atoms with Crippen molar-refractivity contribution in [3.05, 3.63) is 0 Å². The largest absolute Gasteiger partial charge is 0.374 e. The van der Waals surface area contributed by atoms with Crippen molar-refractivity contribution < 1.29 is 4.74 Å². The molecule has 4 rings (SSSR count). The van der Waals surface area contributed by atoms with Gasteiger partial charge >= 0.3 is 0 Å². The summed E-state index contributed by atoms with van der Waals surface area (Å²) in [5.41, 5.74) is 2.02. The summed E-state index contributed by atoms with van der Waals surface area (Å²) in [6.07, 6.45) is 9.07. The van der Waals surface area contributed by atoms with E-state index in [1.165, 1.54) is 57.2 Å². The van der Waals surface area contributed by atoms with Gasteiger partial charge in [0.15, 0.2) is 0 Å². The molecule has 0 aromatic rings. The summed E-state index contributed by atoms with van der Waals surface area (Å²) < 4.78 is 6.37. The standard InChI is InChI=1S/C22H40N4O/c1-21(2)15-22(27-16-21)9-7-17(8-10-22)20-18(14-25(4)13-11-23-3)24-26-12-5-6-19(20)26/h17,19-20,23H,5-16H2,1-4H3/t17-,19?,20?,22+. The van der Waals surface area contributed by atoms with Crippen LogP contribution in [0.25, 0.3) is 0 Å². The fourth-order valence-electron chi connectivity index (χ4n) is 6.27. The molecule has 3 aliphatic heterocycles. The Morgan fingerprint density at radius 1 is 1.26 bits per heavy atom. The summed E-state index contributed by atoms with van der Waals surface area (Å²) in [6.45, 7) is 10.0. The Bertz CT molecular complexity index is 553. The van der Waals surface area contributed by atoms with Crippen LogP contribution in [0.1, 0.15) is 58.8 Å². The number of fused-ring (bicyclic) bond motifs is 1. The normalized spacial score (nSPS) is 38.0. The average Bonchev–Trinajstić information content (AvgIpc) is 3.28.